The van der Waals surface area contributed by atoms with Gasteiger partial charge in [-0.3, -0.25) is 4.57 Å². The maximum Gasteiger partial charge on any atom is 0.343 e. The van der Waals surface area contributed by atoms with Crippen molar-refractivity contribution in [1.29, 1.82) is 0 Å². The summed E-state index contributed by atoms with van der Waals surface area (Å²) >= 11 is 1.44. The molecule has 0 radical (unpaired) electrons. The van der Waals surface area contributed by atoms with E-state index < -0.39 is 0 Å². The van der Waals surface area contributed by atoms with Crippen LogP contribution in [0.3, 0.4) is 0 Å². The van der Waals surface area contributed by atoms with E-state index in [0.717, 1.165) is 16.5 Å². The van der Waals surface area contributed by atoms with E-state index in [9.17, 15) is 4.79 Å². The lowest BCUT2D eigenvalue weighted by molar-refractivity contribution is 0.766. The van der Waals surface area contributed by atoms with E-state index in [-0.39, 0.29) is 5.69 Å². The Morgan fingerprint density at radius 3 is 2.95 bits per heavy atom. The molecule has 1 aromatic carbocycles. The van der Waals surface area contributed by atoms with Crippen LogP contribution in [-0.4, -0.2) is 19.7 Å². The monoisotopic (exact) mass is 287 g/mol. The van der Waals surface area contributed by atoms with Crippen molar-refractivity contribution >= 4 is 28.5 Å². The number of hydrogen-bond acceptors (Lipinski definition) is 5. The lowest BCUT2D eigenvalue weighted by atomic mass is 10.1. The molecule has 0 spiro atoms. The number of pyridine rings is 1. The zero-order valence-electron chi connectivity index (χ0n) is 10.8. The first kappa shape index (κ1) is 12.7. The first-order valence-corrected chi connectivity index (χ1v) is 7.02. The maximum atomic E-state index is 11.3. The third-order valence-electron chi connectivity index (χ3n) is 3.03. The quantitative estimate of drug-likeness (QED) is 0.713. The van der Waals surface area contributed by atoms with Gasteiger partial charge in [0.25, 0.3) is 0 Å². The molecule has 20 heavy (non-hydrogen) atoms. The summed E-state index contributed by atoms with van der Waals surface area (Å²) in [6, 6.07) is 9.85. The van der Waals surface area contributed by atoms with Crippen LogP contribution in [0.5, 0.6) is 0 Å². The lowest BCUT2D eigenvalue weighted by Crippen LogP contribution is -2.12. The van der Waals surface area contributed by atoms with Crippen LogP contribution in [0.15, 0.2) is 40.3 Å². The molecule has 0 unspecified atom stereocenters. The molecule has 0 amide bonds. The van der Waals surface area contributed by atoms with Crippen molar-refractivity contribution in [3.05, 3.63) is 46.4 Å². The number of nitrogens with zero attached hydrogens (tertiary/aromatic N) is 3. The molecule has 0 atom stereocenters. The number of aromatic nitrogens is 4. The standard InChI is InChI=1S/C13H13N5OS/c1-18-12(19)16-17-13(18)20-7-9-6-8-4-2-3-5-10(8)15-11(9)14/h2-6H,7H2,1H3,(H2,14,15)(H,16,19). The van der Waals surface area contributed by atoms with Gasteiger partial charge in [0.2, 0.25) is 0 Å². The van der Waals surface area contributed by atoms with Gasteiger partial charge >= 0.3 is 5.69 Å². The number of anilines is 1. The van der Waals surface area contributed by atoms with Gasteiger partial charge in [0.1, 0.15) is 5.82 Å². The summed E-state index contributed by atoms with van der Waals surface area (Å²) in [5.41, 5.74) is 7.56. The molecule has 0 aliphatic rings. The maximum absolute atomic E-state index is 11.3. The number of thioether (sulfide) groups is 1. The molecule has 0 bridgehead atoms. The van der Waals surface area contributed by atoms with E-state index in [0.29, 0.717) is 16.7 Å². The molecule has 0 saturated carbocycles. The van der Waals surface area contributed by atoms with Crippen LogP contribution in [0.2, 0.25) is 0 Å². The van der Waals surface area contributed by atoms with Gasteiger partial charge in [-0.2, -0.15) is 0 Å². The SMILES string of the molecule is Cn1c(SCc2cc3ccccc3nc2N)n[nH]c1=O. The van der Waals surface area contributed by atoms with E-state index in [2.05, 4.69) is 15.2 Å². The largest absolute Gasteiger partial charge is 0.383 e. The number of nitrogen functional groups attached to an aromatic ring is 1. The van der Waals surface area contributed by atoms with Crippen molar-refractivity contribution in [2.45, 2.75) is 10.9 Å². The molecule has 3 aromatic rings. The van der Waals surface area contributed by atoms with Crippen LogP contribution < -0.4 is 11.4 Å². The highest BCUT2D eigenvalue weighted by molar-refractivity contribution is 7.98. The second kappa shape index (κ2) is 5.01. The highest BCUT2D eigenvalue weighted by atomic mass is 32.2. The highest BCUT2D eigenvalue weighted by Crippen LogP contribution is 2.25. The third kappa shape index (κ3) is 2.27. The van der Waals surface area contributed by atoms with Crippen LogP contribution in [0.1, 0.15) is 5.56 Å². The van der Waals surface area contributed by atoms with Gasteiger partial charge < -0.3 is 5.73 Å². The van der Waals surface area contributed by atoms with Gasteiger partial charge in [-0.15, -0.1) is 5.10 Å². The number of para-hydroxylation sites is 1. The smallest absolute Gasteiger partial charge is 0.343 e. The number of nitrogens with one attached hydrogen (secondary N) is 1. The van der Waals surface area contributed by atoms with Crippen LogP contribution in [0, 0.1) is 0 Å². The van der Waals surface area contributed by atoms with Gasteiger partial charge in [0, 0.05) is 23.8 Å². The Bertz CT molecular complexity index is 823. The molecule has 0 fully saturated rings. The number of hydrogen-bond donors (Lipinski definition) is 2. The van der Waals surface area contributed by atoms with Crippen LogP contribution in [0.4, 0.5) is 5.82 Å². The summed E-state index contributed by atoms with van der Waals surface area (Å²) in [5, 5.41) is 8.03. The average Bonchev–Trinajstić information content (AvgIpc) is 2.76. The molecule has 7 heteroatoms. The first-order chi connectivity index (χ1) is 9.65. The summed E-state index contributed by atoms with van der Waals surface area (Å²) in [7, 11) is 1.68. The lowest BCUT2D eigenvalue weighted by Gasteiger charge is -2.06. The minimum absolute atomic E-state index is 0.225. The predicted octanol–water partition coefficient (Wildman–Crippen LogP) is 1.53. The van der Waals surface area contributed by atoms with Gasteiger partial charge in [0.15, 0.2) is 5.16 Å². The van der Waals surface area contributed by atoms with Crippen LogP contribution in [0.25, 0.3) is 10.9 Å². The Morgan fingerprint density at radius 2 is 2.20 bits per heavy atom. The summed E-state index contributed by atoms with van der Waals surface area (Å²) in [6.45, 7) is 0. The van der Waals surface area contributed by atoms with Crippen LogP contribution in [-0.2, 0) is 12.8 Å². The predicted molar refractivity (Wildman–Crippen MR) is 79.5 cm³/mol. The molecule has 0 aliphatic carbocycles. The highest BCUT2D eigenvalue weighted by Gasteiger charge is 2.08. The number of rotatable bonds is 3. The van der Waals surface area contributed by atoms with E-state index in [1.165, 1.54) is 16.3 Å². The van der Waals surface area contributed by atoms with Crippen molar-refractivity contribution in [3.63, 3.8) is 0 Å². The number of fused-ring (bicyclic) bond motifs is 1. The minimum atomic E-state index is -0.225. The van der Waals surface area contributed by atoms with Gasteiger partial charge in [0.05, 0.1) is 5.52 Å². The van der Waals surface area contributed by atoms with Crippen molar-refractivity contribution in [2.24, 2.45) is 7.05 Å². The van der Waals surface area contributed by atoms with Crippen molar-refractivity contribution < 1.29 is 0 Å². The second-order valence-electron chi connectivity index (χ2n) is 4.38. The summed E-state index contributed by atoms with van der Waals surface area (Å²) in [4.78, 5) is 15.7. The fourth-order valence-corrected chi connectivity index (χ4v) is 2.80. The molecule has 6 nitrogen and oxygen atoms in total. The minimum Gasteiger partial charge on any atom is -0.383 e. The molecule has 3 rings (SSSR count). The molecule has 2 aromatic heterocycles. The normalized spacial score (nSPS) is 11.1. The van der Waals surface area contributed by atoms with Crippen molar-refractivity contribution in [3.8, 4) is 0 Å². The number of aromatic amines is 1. The molecule has 2 heterocycles. The molecule has 0 aliphatic heterocycles. The third-order valence-corrected chi connectivity index (χ3v) is 4.11. The summed E-state index contributed by atoms with van der Waals surface area (Å²) in [6.07, 6.45) is 0. The molecule has 3 N–H and O–H groups in total. The molecule has 0 saturated heterocycles. The average molecular weight is 287 g/mol. The Kier molecular flexibility index (Phi) is 3.19. The van der Waals surface area contributed by atoms with E-state index >= 15 is 0 Å². The Hall–Kier alpha value is -2.28. The van der Waals surface area contributed by atoms with Crippen molar-refractivity contribution in [2.75, 3.05) is 5.73 Å². The Labute approximate surface area is 119 Å². The van der Waals surface area contributed by atoms with Crippen molar-refractivity contribution in [1.82, 2.24) is 19.7 Å². The van der Waals surface area contributed by atoms with E-state index in [4.69, 9.17) is 5.73 Å². The van der Waals surface area contributed by atoms with Crippen LogP contribution >= 0.6 is 11.8 Å². The molecular weight excluding hydrogens is 274 g/mol. The summed E-state index contributed by atoms with van der Waals surface area (Å²) in [5.74, 6) is 1.12. The number of H-pyrrole nitrogens is 1. The van der Waals surface area contributed by atoms with Gasteiger partial charge in [-0.1, -0.05) is 30.0 Å². The van der Waals surface area contributed by atoms with Gasteiger partial charge in [-0.05, 0) is 12.1 Å². The number of nitrogens with two attached hydrogens (primary N) is 1. The van der Waals surface area contributed by atoms with E-state index in [1.807, 2.05) is 30.3 Å². The zero-order valence-corrected chi connectivity index (χ0v) is 11.6. The topological polar surface area (TPSA) is 89.6 Å². The fraction of sp³-hybridized carbons (Fsp3) is 0.154. The first-order valence-electron chi connectivity index (χ1n) is 6.03. The Morgan fingerprint density at radius 1 is 1.40 bits per heavy atom. The summed E-state index contributed by atoms with van der Waals surface area (Å²) < 4.78 is 1.47. The number of benzene rings is 1. The Balaban J connectivity index is 1.89. The second-order valence-corrected chi connectivity index (χ2v) is 5.33. The van der Waals surface area contributed by atoms with E-state index in [1.54, 1.807) is 7.05 Å². The zero-order chi connectivity index (χ0) is 14.1. The fourth-order valence-electron chi connectivity index (χ4n) is 1.89. The van der Waals surface area contributed by atoms with Gasteiger partial charge in [-0.25, -0.2) is 14.9 Å². The molecule has 102 valence electrons. The molecular formula is C13H13N5OS.